The highest BCUT2D eigenvalue weighted by Crippen LogP contribution is 2.45. The Morgan fingerprint density at radius 2 is 1.88 bits per heavy atom. The summed E-state index contributed by atoms with van der Waals surface area (Å²) in [5.74, 6) is 2.70. The number of piperidine rings is 1. The highest BCUT2D eigenvalue weighted by molar-refractivity contribution is 7.10. The van der Waals surface area contributed by atoms with E-state index < -0.39 is 0 Å². The van der Waals surface area contributed by atoms with Gasteiger partial charge in [-0.05, 0) is 97.4 Å². The quantitative estimate of drug-likeness (QED) is 0.425. The van der Waals surface area contributed by atoms with Crippen molar-refractivity contribution < 1.29 is 4.39 Å². The zero-order valence-corrected chi connectivity index (χ0v) is 19.1. The second-order valence-electron chi connectivity index (χ2n) is 9.35. The van der Waals surface area contributed by atoms with Crippen molar-refractivity contribution in [1.82, 2.24) is 19.0 Å². The SMILES string of the molecule is Cc1cc(N2C[C@H]3CC[C@@H](C2)C3Cc2nc3c(-c4ccc(F)cc4C)cccn3n2)sn1. The predicted molar refractivity (Wildman–Crippen MR) is 126 cm³/mol. The molecule has 1 aliphatic heterocycles. The molecule has 2 bridgehead atoms. The molecule has 6 rings (SSSR count). The molecule has 0 N–H and O–H groups in total. The Kier molecular flexibility index (Phi) is 4.75. The third-order valence-electron chi connectivity index (χ3n) is 7.26. The molecule has 1 saturated carbocycles. The van der Waals surface area contributed by atoms with Crippen LogP contribution in [0.4, 0.5) is 9.39 Å². The minimum absolute atomic E-state index is 0.212. The molecule has 0 radical (unpaired) electrons. The molecule has 2 aliphatic rings. The maximum absolute atomic E-state index is 13.6. The lowest BCUT2D eigenvalue weighted by Gasteiger charge is -2.38. The van der Waals surface area contributed by atoms with Crippen molar-refractivity contribution in [1.29, 1.82) is 0 Å². The molecule has 1 saturated heterocycles. The van der Waals surface area contributed by atoms with Crippen molar-refractivity contribution in [3.05, 3.63) is 65.5 Å². The summed E-state index contributed by atoms with van der Waals surface area (Å²) < 4.78 is 20.0. The van der Waals surface area contributed by atoms with Crippen molar-refractivity contribution in [2.45, 2.75) is 33.1 Å². The minimum atomic E-state index is -0.212. The van der Waals surface area contributed by atoms with Crippen molar-refractivity contribution in [3.63, 3.8) is 0 Å². The van der Waals surface area contributed by atoms with E-state index in [9.17, 15) is 4.39 Å². The van der Waals surface area contributed by atoms with Gasteiger partial charge in [-0.2, -0.15) is 9.47 Å². The molecule has 0 amide bonds. The molecule has 3 aromatic heterocycles. The molecular weight excluding hydrogens is 421 g/mol. The number of hydrogen-bond acceptors (Lipinski definition) is 5. The zero-order chi connectivity index (χ0) is 21.8. The molecule has 1 aliphatic carbocycles. The molecule has 164 valence electrons. The number of aryl methyl sites for hydroxylation is 2. The van der Waals surface area contributed by atoms with Gasteiger partial charge >= 0.3 is 0 Å². The summed E-state index contributed by atoms with van der Waals surface area (Å²) in [7, 11) is 0. The van der Waals surface area contributed by atoms with Gasteiger partial charge in [-0.1, -0.05) is 6.07 Å². The Labute approximate surface area is 191 Å². The second kappa shape index (κ2) is 7.66. The van der Waals surface area contributed by atoms with Crippen LogP contribution >= 0.6 is 11.5 Å². The van der Waals surface area contributed by atoms with Gasteiger partial charge in [0.1, 0.15) is 10.8 Å². The second-order valence-corrected chi connectivity index (χ2v) is 10.1. The number of aromatic nitrogens is 4. The first kappa shape index (κ1) is 19.9. The summed E-state index contributed by atoms with van der Waals surface area (Å²) in [5.41, 5.74) is 4.88. The van der Waals surface area contributed by atoms with Crippen LogP contribution in [0.5, 0.6) is 0 Å². The number of halogens is 1. The van der Waals surface area contributed by atoms with Crippen molar-refractivity contribution >= 4 is 22.2 Å². The number of pyridine rings is 1. The number of nitrogens with zero attached hydrogens (tertiary/aromatic N) is 5. The molecular formula is C25H26FN5S. The molecule has 4 aromatic rings. The number of rotatable bonds is 4. The van der Waals surface area contributed by atoms with Gasteiger partial charge in [-0.15, -0.1) is 0 Å². The van der Waals surface area contributed by atoms with Crippen molar-refractivity contribution in [3.8, 4) is 11.1 Å². The molecule has 2 fully saturated rings. The molecule has 3 atom stereocenters. The fraction of sp³-hybridized carbons (Fsp3) is 0.400. The predicted octanol–water partition coefficient (Wildman–Crippen LogP) is 5.31. The van der Waals surface area contributed by atoms with Gasteiger partial charge < -0.3 is 4.90 Å². The zero-order valence-electron chi connectivity index (χ0n) is 18.3. The highest BCUT2D eigenvalue weighted by atomic mass is 32.1. The average Bonchev–Trinajstić information content (AvgIpc) is 3.44. The maximum atomic E-state index is 13.6. The molecule has 1 unspecified atom stereocenters. The van der Waals surface area contributed by atoms with Gasteiger partial charge in [0.15, 0.2) is 11.5 Å². The van der Waals surface area contributed by atoms with Crippen LogP contribution in [0, 0.1) is 37.4 Å². The van der Waals surface area contributed by atoms with Crippen LogP contribution in [0.25, 0.3) is 16.8 Å². The van der Waals surface area contributed by atoms with Crippen LogP contribution < -0.4 is 4.90 Å². The van der Waals surface area contributed by atoms with E-state index in [0.29, 0.717) is 17.8 Å². The van der Waals surface area contributed by atoms with Gasteiger partial charge in [-0.3, -0.25) is 0 Å². The lowest BCUT2D eigenvalue weighted by molar-refractivity contribution is 0.266. The van der Waals surface area contributed by atoms with Crippen LogP contribution in [-0.4, -0.2) is 32.1 Å². The Morgan fingerprint density at radius 3 is 2.59 bits per heavy atom. The van der Waals surface area contributed by atoms with Gasteiger partial charge in [0.05, 0.1) is 5.69 Å². The van der Waals surface area contributed by atoms with E-state index >= 15 is 0 Å². The Balaban J connectivity index is 1.27. The summed E-state index contributed by atoms with van der Waals surface area (Å²) in [6.07, 6.45) is 5.46. The normalized spacial score (nSPS) is 22.7. The summed E-state index contributed by atoms with van der Waals surface area (Å²) in [4.78, 5) is 7.50. The number of fused-ring (bicyclic) bond motifs is 3. The van der Waals surface area contributed by atoms with E-state index in [-0.39, 0.29) is 5.82 Å². The first-order valence-electron chi connectivity index (χ1n) is 11.3. The molecule has 5 nitrogen and oxygen atoms in total. The van der Waals surface area contributed by atoms with E-state index in [4.69, 9.17) is 10.1 Å². The maximum Gasteiger partial charge on any atom is 0.163 e. The number of anilines is 1. The molecule has 1 aromatic carbocycles. The van der Waals surface area contributed by atoms with E-state index in [2.05, 4.69) is 22.3 Å². The third kappa shape index (κ3) is 3.39. The Morgan fingerprint density at radius 1 is 1.06 bits per heavy atom. The lowest BCUT2D eigenvalue weighted by Crippen LogP contribution is -2.42. The summed E-state index contributed by atoms with van der Waals surface area (Å²) in [5, 5.41) is 6.14. The molecule has 4 heterocycles. The number of hydrogen-bond donors (Lipinski definition) is 0. The molecule has 0 spiro atoms. The first-order valence-corrected chi connectivity index (χ1v) is 12.1. The van der Waals surface area contributed by atoms with Crippen LogP contribution in [-0.2, 0) is 6.42 Å². The van der Waals surface area contributed by atoms with Crippen molar-refractivity contribution in [2.24, 2.45) is 17.8 Å². The monoisotopic (exact) mass is 447 g/mol. The Hall–Kier alpha value is -2.80. The summed E-state index contributed by atoms with van der Waals surface area (Å²) in [6, 6.07) is 11.2. The molecule has 7 heteroatoms. The minimum Gasteiger partial charge on any atom is -0.362 e. The van der Waals surface area contributed by atoms with Crippen molar-refractivity contribution in [2.75, 3.05) is 18.0 Å². The van der Waals surface area contributed by atoms with E-state index in [0.717, 1.165) is 53.4 Å². The van der Waals surface area contributed by atoms with E-state index in [1.54, 1.807) is 17.6 Å². The fourth-order valence-electron chi connectivity index (χ4n) is 5.73. The van der Waals surface area contributed by atoms with Gasteiger partial charge in [-0.25, -0.2) is 13.9 Å². The third-order valence-corrected chi connectivity index (χ3v) is 8.20. The van der Waals surface area contributed by atoms with E-state index in [1.165, 1.54) is 23.9 Å². The van der Waals surface area contributed by atoms with Crippen LogP contribution in [0.2, 0.25) is 0 Å². The summed E-state index contributed by atoms with van der Waals surface area (Å²) >= 11 is 1.62. The highest BCUT2D eigenvalue weighted by Gasteiger charge is 2.42. The summed E-state index contributed by atoms with van der Waals surface area (Å²) in [6.45, 7) is 6.22. The fourth-order valence-corrected chi connectivity index (χ4v) is 6.51. The standard InChI is InChI=1S/C25H26FN5S/c1-15-10-19(26)7-8-20(15)21-4-3-9-31-25(21)27-23(28-31)12-22-17-5-6-18(22)14-30(13-17)24-11-16(2)29-32-24/h3-4,7-11,17-18,22H,5-6,12-14H2,1-2H3/t17-,18+,22?. The number of benzene rings is 1. The van der Waals surface area contributed by atoms with Crippen LogP contribution in [0.15, 0.2) is 42.6 Å². The van der Waals surface area contributed by atoms with Gasteiger partial charge in [0, 0.05) is 31.3 Å². The van der Waals surface area contributed by atoms with E-state index in [1.807, 2.05) is 35.8 Å². The Bertz CT molecular complexity index is 1280. The van der Waals surface area contributed by atoms with Gasteiger partial charge in [0.25, 0.3) is 0 Å². The van der Waals surface area contributed by atoms with Gasteiger partial charge in [0.2, 0.25) is 0 Å². The average molecular weight is 448 g/mol. The van der Waals surface area contributed by atoms with Crippen LogP contribution in [0.1, 0.15) is 29.9 Å². The molecule has 32 heavy (non-hydrogen) atoms. The van der Waals surface area contributed by atoms with Crippen LogP contribution in [0.3, 0.4) is 0 Å². The first-order chi connectivity index (χ1) is 15.5. The largest absolute Gasteiger partial charge is 0.362 e. The smallest absolute Gasteiger partial charge is 0.163 e. The topological polar surface area (TPSA) is 46.3 Å². The lowest BCUT2D eigenvalue weighted by atomic mass is 9.82.